The third-order valence-electron chi connectivity index (χ3n) is 3.76. The average molecular weight is 309 g/mol. The van der Waals surface area contributed by atoms with Crippen LogP contribution in [0.3, 0.4) is 0 Å². The van der Waals surface area contributed by atoms with Gasteiger partial charge in [0.1, 0.15) is 0 Å². The van der Waals surface area contributed by atoms with Crippen LogP contribution < -0.4 is 19.5 Å². The normalized spacial score (nSPS) is 16.6. The molecule has 122 valence electrons. The third kappa shape index (κ3) is 3.11. The van der Waals surface area contributed by atoms with Gasteiger partial charge in [0, 0.05) is 11.6 Å². The molecule has 1 heterocycles. The van der Waals surface area contributed by atoms with E-state index in [4.69, 9.17) is 18.9 Å². The standard InChI is InChI=1S/C16H23NO5/c1-5-22-13(18)9-11-14-10(6-7-17-11)8-12(19-2)15(20-3)16(14)21-4/h8,11,17H,5-7,9H2,1-4H3/t11-/m0/s1. The monoisotopic (exact) mass is 309 g/mol. The molecule has 0 spiro atoms. The summed E-state index contributed by atoms with van der Waals surface area (Å²) >= 11 is 0. The molecule has 1 aromatic carbocycles. The number of hydrogen-bond donors (Lipinski definition) is 1. The number of hydrogen-bond acceptors (Lipinski definition) is 6. The Kier molecular flexibility index (Phi) is 5.49. The number of ether oxygens (including phenoxy) is 4. The molecule has 1 aliphatic rings. The van der Waals surface area contributed by atoms with Gasteiger partial charge in [0.2, 0.25) is 5.75 Å². The predicted octanol–water partition coefficient (Wildman–Crippen LogP) is 1.85. The van der Waals surface area contributed by atoms with Crippen molar-refractivity contribution in [2.45, 2.75) is 25.8 Å². The Bertz CT molecular complexity index is 544. The van der Waals surface area contributed by atoms with Crippen molar-refractivity contribution < 1.29 is 23.7 Å². The number of esters is 1. The van der Waals surface area contributed by atoms with Crippen LogP contribution in [0.1, 0.15) is 30.5 Å². The zero-order valence-corrected chi connectivity index (χ0v) is 13.5. The lowest BCUT2D eigenvalue weighted by Crippen LogP contribution is -2.32. The molecule has 0 radical (unpaired) electrons. The fraction of sp³-hybridized carbons (Fsp3) is 0.562. The minimum Gasteiger partial charge on any atom is -0.493 e. The van der Waals surface area contributed by atoms with Crippen molar-refractivity contribution in [3.8, 4) is 17.2 Å². The Hall–Kier alpha value is -1.95. The van der Waals surface area contributed by atoms with E-state index in [1.54, 1.807) is 28.3 Å². The van der Waals surface area contributed by atoms with Gasteiger partial charge in [-0.25, -0.2) is 0 Å². The van der Waals surface area contributed by atoms with Gasteiger partial charge in [0.05, 0.1) is 34.4 Å². The Labute approximate surface area is 130 Å². The maximum Gasteiger partial charge on any atom is 0.307 e. The van der Waals surface area contributed by atoms with E-state index in [-0.39, 0.29) is 18.4 Å². The Balaban J connectivity index is 2.45. The molecule has 0 unspecified atom stereocenters. The molecule has 1 atom stereocenters. The highest BCUT2D eigenvalue weighted by Crippen LogP contribution is 2.46. The van der Waals surface area contributed by atoms with Gasteiger partial charge in [-0.2, -0.15) is 0 Å². The lowest BCUT2D eigenvalue weighted by molar-refractivity contribution is -0.143. The van der Waals surface area contributed by atoms with Gasteiger partial charge in [0.15, 0.2) is 11.5 Å². The summed E-state index contributed by atoms with van der Waals surface area (Å²) < 4.78 is 21.4. The van der Waals surface area contributed by atoms with Crippen LogP contribution in [0.15, 0.2) is 6.07 Å². The Morgan fingerprint density at radius 3 is 2.55 bits per heavy atom. The molecule has 0 bridgehead atoms. The molecule has 0 aliphatic carbocycles. The summed E-state index contributed by atoms with van der Waals surface area (Å²) in [6.07, 6.45) is 1.10. The zero-order chi connectivity index (χ0) is 16.1. The van der Waals surface area contributed by atoms with Crippen LogP contribution in [0, 0.1) is 0 Å². The summed E-state index contributed by atoms with van der Waals surface area (Å²) in [7, 11) is 4.76. The lowest BCUT2D eigenvalue weighted by atomic mass is 9.90. The minimum atomic E-state index is -0.232. The molecule has 6 heteroatoms. The second-order valence-corrected chi connectivity index (χ2v) is 4.98. The first-order valence-corrected chi connectivity index (χ1v) is 7.36. The molecule has 1 aromatic rings. The quantitative estimate of drug-likeness (QED) is 0.809. The fourth-order valence-electron chi connectivity index (χ4n) is 2.86. The molecule has 1 aliphatic heterocycles. The maximum atomic E-state index is 11.8. The van der Waals surface area contributed by atoms with Gasteiger partial charge in [-0.1, -0.05) is 0 Å². The van der Waals surface area contributed by atoms with Crippen molar-refractivity contribution in [3.63, 3.8) is 0 Å². The molecule has 22 heavy (non-hydrogen) atoms. The third-order valence-corrected chi connectivity index (χ3v) is 3.76. The van der Waals surface area contributed by atoms with Gasteiger partial charge in [-0.3, -0.25) is 4.79 Å². The van der Waals surface area contributed by atoms with Crippen LogP contribution >= 0.6 is 0 Å². The largest absolute Gasteiger partial charge is 0.493 e. The number of nitrogens with one attached hydrogen (secondary N) is 1. The molecule has 0 aromatic heterocycles. The van der Waals surface area contributed by atoms with Crippen LogP contribution in [0.2, 0.25) is 0 Å². The summed E-state index contributed by atoms with van der Waals surface area (Å²) in [4.78, 5) is 11.8. The van der Waals surface area contributed by atoms with Gasteiger partial charge >= 0.3 is 5.97 Å². The van der Waals surface area contributed by atoms with Crippen molar-refractivity contribution in [2.75, 3.05) is 34.5 Å². The number of benzene rings is 1. The number of carbonyl (C=O) groups excluding carboxylic acids is 1. The van der Waals surface area contributed by atoms with E-state index < -0.39 is 0 Å². The molecule has 6 nitrogen and oxygen atoms in total. The summed E-state index contributed by atoms with van der Waals surface area (Å²) in [6.45, 7) is 2.96. The topological polar surface area (TPSA) is 66.0 Å². The van der Waals surface area contributed by atoms with Crippen LogP contribution in [0.4, 0.5) is 0 Å². The number of fused-ring (bicyclic) bond motifs is 1. The number of rotatable bonds is 6. The van der Waals surface area contributed by atoms with E-state index in [1.165, 1.54) is 0 Å². The first kappa shape index (κ1) is 16.4. The van der Waals surface area contributed by atoms with Crippen molar-refractivity contribution >= 4 is 5.97 Å². The average Bonchev–Trinajstić information content (AvgIpc) is 2.53. The van der Waals surface area contributed by atoms with E-state index in [0.29, 0.717) is 23.9 Å². The first-order chi connectivity index (χ1) is 10.7. The van der Waals surface area contributed by atoms with Gasteiger partial charge < -0.3 is 24.3 Å². The van der Waals surface area contributed by atoms with E-state index >= 15 is 0 Å². The molecule has 0 fully saturated rings. The summed E-state index contributed by atoms with van der Waals surface area (Å²) in [5, 5.41) is 3.35. The van der Waals surface area contributed by atoms with E-state index in [0.717, 1.165) is 24.1 Å². The number of carbonyl (C=O) groups is 1. The van der Waals surface area contributed by atoms with Crippen molar-refractivity contribution in [2.24, 2.45) is 0 Å². The van der Waals surface area contributed by atoms with Gasteiger partial charge in [-0.05, 0) is 31.5 Å². The zero-order valence-electron chi connectivity index (χ0n) is 13.5. The Morgan fingerprint density at radius 1 is 1.23 bits per heavy atom. The molecular formula is C16H23NO5. The van der Waals surface area contributed by atoms with Crippen molar-refractivity contribution in [1.29, 1.82) is 0 Å². The van der Waals surface area contributed by atoms with E-state index in [9.17, 15) is 4.79 Å². The Morgan fingerprint density at radius 2 is 1.95 bits per heavy atom. The molecule has 0 amide bonds. The highest BCUT2D eigenvalue weighted by atomic mass is 16.5. The molecule has 0 saturated heterocycles. The van der Waals surface area contributed by atoms with Gasteiger partial charge in [0.25, 0.3) is 0 Å². The van der Waals surface area contributed by atoms with Gasteiger partial charge in [-0.15, -0.1) is 0 Å². The minimum absolute atomic E-state index is 0.155. The number of methoxy groups -OCH3 is 3. The molecule has 1 N–H and O–H groups in total. The fourth-order valence-corrected chi connectivity index (χ4v) is 2.86. The highest BCUT2D eigenvalue weighted by Gasteiger charge is 2.30. The molecule has 2 rings (SSSR count). The van der Waals surface area contributed by atoms with Crippen molar-refractivity contribution in [1.82, 2.24) is 5.32 Å². The maximum absolute atomic E-state index is 11.8. The predicted molar refractivity (Wildman–Crippen MR) is 81.8 cm³/mol. The summed E-state index contributed by atoms with van der Waals surface area (Å²) in [5.41, 5.74) is 2.04. The SMILES string of the molecule is CCOC(=O)C[C@@H]1NCCc2cc(OC)c(OC)c(OC)c21. The van der Waals surface area contributed by atoms with E-state index in [2.05, 4.69) is 5.32 Å². The van der Waals surface area contributed by atoms with Crippen LogP contribution in [-0.2, 0) is 16.0 Å². The first-order valence-electron chi connectivity index (χ1n) is 7.36. The second-order valence-electron chi connectivity index (χ2n) is 4.98. The second kappa shape index (κ2) is 7.35. The lowest BCUT2D eigenvalue weighted by Gasteiger charge is -2.29. The summed E-state index contributed by atoms with van der Waals surface area (Å²) in [6, 6.07) is 1.80. The smallest absolute Gasteiger partial charge is 0.307 e. The van der Waals surface area contributed by atoms with E-state index in [1.807, 2.05) is 6.07 Å². The van der Waals surface area contributed by atoms with Crippen molar-refractivity contribution in [3.05, 3.63) is 17.2 Å². The van der Waals surface area contributed by atoms with Crippen LogP contribution in [0.5, 0.6) is 17.2 Å². The summed E-state index contributed by atoms with van der Waals surface area (Å²) in [5.74, 6) is 1.55. The van der Waals surface area contributed by atoms with Crippen LogP contribution in [-0.4, -0.2) is 40.5 Å². The highest BCUT2D eigenvalue weighted by molar-refractivity contribution is 5.72. The van der Waals surface area contributed by atoms with Crippen LogP contribution in [0.25, 0.3) is 0 Å². The molecular weight excluding hydrogens is 286 g/mol. The molecule has 0 saturated carbocycles.